The van der Waals surface area contributed by atoms with E-state index in [0.717, 1.165) is 0 Å². The summed E-state index contributed by atoms with van der Waals surface area (Å²) in [6.07, 6.45) is 0.441. The minimum absolute atomic E-state index is 0.0670. The number of nitrogens with zero attached hydrogens (tertiary/aromatic N) is 2. The van der Waals surface area contributed by atoms with Gasteiger partial charge in [0.25, 0.3) is 10.0 Å². The van der Waals surface area contributed by atoms with Crippen LogP contribution in [0.15, 0.2) is 35.5 Å². The summed E-state index contributed by atoms with van der Waals surface area (Å²) in [5.41, 5.74) is 0.580. The van der Waals surface area contributed by atoms with Crippen molar-refractivity contribution < 1.29 is 13.5 Å². The van der Waals surface area contributed by atoms with Crippen molar-refractivity contribution in [3.63, 3.8) is 0 Å². The lowest BCUT2D eigenvalue weighted by Crippen LogP contribution is -2.37. The molecule has 6 nitrogen and oxygen atoms in total. The van der Waals surface area contributed by atoms with Crippen LogP contribution in [-0.2, 0) is 17.1 Å². The Labute approximate surface area is 134 Å². The number of hydrogen-bond donors (Lipinski definition) is 2. The predicted molar refractivity (Wildman–Crippen MR) is 84.1 cm³/mol. The van der Waals surface area contributed by atoms with Crippen molar-refractivity contribution in [2.24, 2.45) is 7.05 Å². The van der Waals surface area contributed by atoms with Gasteiger partial charge in [-0.15, -0.1) is 0 Å². The molecule has 22 heavy (non-hydrogen) atoms. The van der Waals surface area contributed by atoms with Crippen LogP contribution in [0.25, 0.3) is 0 Å². The maximum Gasteiger partial charge on any atom is 0.259 e. The third-order valence-electron chi connectivity index (χ3n) is 3.39. The van der Waals surface area contributed by atoms with E-state index >= 15 is 0 Å². The zero-order chi connectivity index (χ0) is 16.5. The summed E-state index contributed by atoms with van der Waals surface area (Å²) in [4.78, 5) is 3.99. The smallest absolute Gasteiger partial charge is 0.259 e. The van der Waals surface area contributed by atoms with E-state index < -0.39 is 22.2 Å². The Hall–Kier alpha value is -1.41. The van der Waals surface area contributed by atoms with Crippen molar-refractivity contribution >= 4 is 21.6 Å². The molecule has 8 heteroatoms. The van der Waals surface area contributed by atoms with Crippen LogP contribution in [0.4, 0.5) is 0 Å². The fourth-order valence-corrected chi connectivity index (χ4v) is 3.39. The number of rotatable bonds is 5. The molecule has 2 unspecified atom stereocenters. The van der Waals surface area contributed by atoms with Gasteiger partial charge in [-0.2, -0.15) is 0 Å². The van der Waals surface area contributed by atoms with Crippen molar-refractivity contribution in [2.45, 2.75) is 31.0 Å². The van der Waals surface area contributed by atoms with Gasteiger partial charge < -0.3 is 9.67 Å². The van der Waals surface area contributed by atoms with Gasteiger partial charge in [0.1, 0.15) is 5.82 Å². The van der Waals surface area contributed by atoms with Crippen molar-refractivity contribution in [3.8, 4) is 0 Å². The monoisotopic (exact) mass is 343 g/mol. The Morgan fingerprint density at radius 2 is 1.91 bits per heavy atom. The number of aromatic nitrogens is 2. The molecule has 1 aromatic heterocycles. The molecule has 0 aliphatic rings. The maximum atomic E-state index is 12.3. The molecule has 0 saturated carbocycles. The number of imidazole rings is 1. The zero-order valence-corrected chi connectivity index (χ0v) is 14.1. The molecule has 0 radical (unpaired) electrons. The molecule has 0 aliphatic carbocycles. The second-order valence-corrected chi connectivity index (χ2v) is 7.24. The van der Waals surface area contributed by atoms with Gasteiger partial charge in [0, 0.05) is 24.3 Å². The number of aliphatic hydroxyl groups is 1. The fourth-order valence-electron chi connectivity index (χ4n) is 1.97. The summed E-state index contributed by atoms with van der Waals surface area (Å²) >= 11 is 5.80. The lowest BCUT2D eigenvalue weighted by atomic mass is 10.0. The molecule has 2 N–H and O–H groups in total. The first-order chi connectivity index (χ1) is 10.2. The summed E-state index contributed by atoms with van der Waals surface area (Å²) in [7, 11) is -2.07. The Bertz CT molecular complexity index is 737. The van der Waals surface area contributed by atoms with Gasteiger partial charge >= 0.3 is 0 Å². The van der Waals surface area contributed by atoms with Crippen LogP contribution in [0.1, 0.15) is 24.4 Å². The predicted octanol–water partition coefficient (Wildman–Crippen LogP) is 1.78. The largest absolute Gasteiger partial charge is 0.387 e. The average Bonchev–Trinajstić information content (AvgIpc) is 2.79. The van der Waals surface area contributed by atoms with Gasteiger partial charge in [-0.1, -0.05) is 23.7 Å². The van der Waals surface area contributed by atoms with Crippen molar-refractivity contribution in [2.75, 3.05) is 0 Å². The Balaban J connectivity index is 2.16. The normalized spacial score (nSPS) is 14.8. The topological polar surface area (TPSA) is 84.2 Å². The minimum atomic E-state index is -3.79. The molecule has 2 aromatic rings. The Morgan fingerprint density at radius 1 is 1.32 bits per heavy atom. The highest BCUT2D eigenvalue weighted by atomic mass is 35.5. The van der Waals surface area contributed by atoms with Crippen molar-refractivity contribution in [1.29, 1.82) is 0 Å². The Kier molecular flexibility index (Phi) is 4.91. The van der Waals surface area contributed by atoms with Crippen LogP contribution in [0.2, 0.25) is 5.02 Å². The van der Waals surface area contributed by atoms with Crippen LogP contribution in [0.5, 0.6) is 0 Å². The zero-order valence-electron chi connectivity index (χ0n) is 12.5. The van der Waals surface area contributed by atoms with Crippen LogP contribution >= 0.6 is 11.6 Å². The molecule has 0 fully saturated rings. The second-order valence-electron chi connectivity index (χ2n) is 5.14. The number of sulfonamides is 1. The van der Waals surface area contributed by atoms with Crippen molar-refractivity contribution in [1.82, 2.24) is 14.3 Å². The highest BCUT2D eigenvalue weighted by molar-refractivity contribution is 7.89. The van der Waals surface area contributed by atoms with Crippen LogP contribution < -0.4 is 4.72 Å². The van der Waals surface area contributed by atoms with E-state index in [1.165, 1.54) is 6.20 Å². The number of hydrogen-bond acceptors (Lipinski definition) is 4. The molecule has 0 saturated heterocycles. The number of nitrogens with one attached hydrogen (secondary N) is 1. The SMILES string of the molecule is Cc1nc(S(=O)(=O)NC(C)C(O)c2ccc(Cl)cc2)cn1C. The number of aryl methyl sites for hydroxylation is 2. The second kappa shape index (κ2) is 6.37. The lowest BCUT2D eigenvalue weighted by molar-refractivity contribution is 0.146. The van der Waals surface area contributed by atoms with Gasteiger partial charge in [-0.25, -0.2) is 18.1 Å². The van der Waals surface area contributed by atoms with Gasteiger partial charge in [0.2, 0.25) is 0 Å². The molecule has 1 heterocycles. The number of benzene rings is 1. The van der Waals surface area contributed by atoms with Gasteiger partial charge in [0.15, 0.2) is 5.03 Å². The van der Waals surface area contributed by atoms with Crippen LogP contribution in [-0.4, -0.2) is 29.1 Å². The molecule has 2 atom stereocenters. The quantitative estimate of drug-likeness (QED) is 0.866. The van der Waals surface area contributed by atoms with E-state index in [2.05, 4.69) is 9.71 Å². The minimum Gasteiger partial charge on any atom is -0.387 e. The van der Waals surface area contributed by atoms with Crippen LogP contribution in [0.3, 0.4) is 0 Å². The van der Waals surface area contributed by atoms with Gasteiger partial charge in [0.05, 0.1) is 6.10 Å². The maximum absolute atomic E-state index is 12.3. The Morgan fingerprint density at radius 3 is 2.41 bits per heavy atom. The molecule has 0 amide bonds. The summed E-state index contributed by atoms with van der Waals surface area (Å²) in [5, 5.41) is 10.7. The molecule has 0 spiro atoms. The van der Waals surface area contributed by atoms with Gasteiger partial charge in [-0.3, -0.25) is 0 Å². The lowest BCUT2D eigenvalue weighted by Gasteiger charge is -2.20. The highest BCUT2D eigenvalue weighted by Crippen LogP contribution is 2.20. The molecule has 1 aromatic carbocycles. The first-order valence-electron chi connectivity index (χ1n) is 6.66. The third-order valence-corrected chi connectivity index (χ3v) is 5.07. The standard InChI is InChI=1S/C14H18ClN3O3S/c1-9(14(19)11-4-6-12(15)7-5-11)17-22(20,21)13-8-18(3)10(2)16-13/h4-9,14,17,19H,1-3H3. The number of halogens is 1. The first kappa shape index (κ1) is 17.0. The molecular weight excluding hydrogens is 326 g/mol. The first-order valence-corrected chi connectivity index (χ1v) is 8.52. The van der Waals surface area contributed by atoms with E-state index in [1.807, 2.05) is 0 Å². The van der Waals surface area contributed by atoms with E-state index in [9.17, 15) is 13.5 Å². The summed E-state index contributed by atoms with van der Waals surface area (Å²) in [6, 6.07) is 5.88. The average molecular weight is 344 g/mol. The highest BCUT2D eigenvalue weighted by Gasteiger charge is 2.25. The summed E-state index contributed by atoms with van der Waals surface area (Å²) < 4.78 is 28.6. The molecule has 120 valence electrons. The van der Waals surface area contributed by atoms with E-state index in [1.54, 1.807) is 49.7 Å². The van der Waals surface area contributed by atoms with E-state index in [0.29, 0.717) is 16.4 Å². The molecule has 0 bridgehead atoms. The van der Waals surface area contributed by atoms with E-state index in [4.69, 9.17) is 11.6 Å². The van der Waals surface area contributed by atoms with Gasteiger partial charge in [-0.05, 0) is 31.5 Å². The molecule has 2 rings (SSSR count). The van der Waals surface area contributed by atoms with E-state index in [-0.39, 0.29) is 5.03 Å². The fraction of sp³-hybridized carbons (Fsp3) is 0.357. The summed E-state index contributed by atoms with van der Waals surface area (Å²) in [5.74, 6) is 0.589. The van der Waals surface area contributed by atoms with Crippen molar-refractivity contribution in [3.05, 3.63) is 46.9 Å². The molecule has 0 aliphatic heterocycles. The van der Waals surface area contributed by atoms with Crippen LogP contribution in [0, 0.1) is 6.92 Å². The number of aliphatic hydroxyl groups excluding tert-OH is 1. The third kappa shape index (κ3) is 3.67. The summed E-state index contributed by atoms with van der Waals surface area (Å²) in [6.45, 7) is 3.30. The molecular formula is C14H18ClN3O3S.